The van der Waals surface area contributed by atoms with Crippen molar-refractivity contribution in [3.05, 3.63) is 17.9 Å². The van der Waals surface area contributed by atoms with Crippen molar-refractivity contribution < 1.29 is 14.3 Å². The predicted octanol–water partition coefficient (Wildman–Crippen LogP) is 1.46. The molecule has 1 rings (SSSR count). The molecule has 0 saturated carbocycles. The van der Waals surface area contributed by atoms with Crippen LogP contribution in [-0.2, 0) is 10.2 Å². The molecule has 0 amide bonds. The zero-order valence-corrected chi connectivity index (χ0v) is 8.31. The summed E-state index contributed by atoms with van der Waals surface area (Å²) >= 11 is 0. The SMILES string of the molecule is CC(C)(C)c1nnc(/C=C/C(=O)O)o1. The van der Waals surface area contributed by atoms with Gasteiger partial charge in [-0.3, -0.25) is 0 Å². The molecular formula is C9H12N2O3. The van der Waals surface area contributed by atoms with Crippen LogP contribution in [-0.4, -0.2) is 21.3 Å². The van der Waals surface area contributed by atoms with Gasteiger partial charge in [0.1, 0.15) is 0 Å². The van der Waals surface area contributed by atoms with Gasteiger partial charge in [0.15, 0.2) is 0 Å². The molecule has 5 heteroatoms. The van der Waals surface area contributed by atoms with Gasteiger partial charge in [0.25, 0.3) is 0 Å². The van der Waals surface area contributed by atoms with Gasteiger partial charge in [-0.25, -0.2) is 4.79 Å². The third kappa shape index (κ3) is 2.69. The summed E-state index contributed by atoms with van der Waals surface area (Å²) in [6.07, 6.45) is 2.23. The zero-order chi connectivity index (χ0) is 10.8. The van der Waals surface area contributed by atoms with Crippen molar-refractivity contribution >= 4 is 12.0 Å². The Balaban J connectivity index is 2.84. The molecule has 0 radical (unpaired) electrons. The van der Waals surface area contributed by atoms with Gasteiger partial charge in [-0.05, 0) is 0 Å². The lowest BCUT2D eigenvalue weighted by molar-refractivity contribution is -0.131. The lowest BCUT2D eigenvalue weighted by Crippen LogP contribution is -2.11. The van der Waals surface area contributed by atoms with Crippen molar-refractivity contribution in [3.8, 4) is 0 Å². The minimum Gasteiger partial charge on any atom is -0.478 e. The highest BCUT2D eigenvalue weighted by Crippen LogP contribution is 2.20. The second kappa shape index (κ2) is 3.61. The maximum atomic E-state index is 10.2. The summed E-state index contributed by atoms with van der Waals surface area (Å²) in [7, 11) is 0. The van der Waals surface area contributed by atoms with Crippen molar-refractivity contribution in [2.24, 2.45) is 0 Å². The first-order valence-corrected chi connectivity index (χ1v) is 4.14. The Morgan fingerprint density at radius 2 is 2.07 bits per heavy atom. The van der Waals surface area contributed by atoms with Gasteiger partial charge in [-0.1, -0.05) is 20.8 Å². The van der Waals surface area contributed by atoms with Crippen LogP contribution in [0.4, 0.5) is 0 Å². The Kier molecular flexibility index (Phi) is 2.69. The van der Waals surface area contributed by atoms with Crippen LogP contribution in [0.3, 0.4) is 0 Å². The third-order valence-corrected chi connectivity index (χ3v) is 1.45. The highest BCUT2D eigenvalue weighted by atomic mass is 16.4. The van der Waals surface area contributed by atoms with E-state index in [1.54, 1.807) is 0 Å². The number of hydrogen-bond donors (Lipinski definition) is 1. The smallest absolute Gasteiger partial charge is 0.328 e. The third-order valence-electron chi connectivity index (χ3n) is 1.45. The van der Waals surface area contributed by atoms with Gasteiger partial charge in [-0.15, -0.1) is 10.2 Å². The van der Waals surface area contributed by atoms with Crippen LogP contribution in [0.5, 0.6) is 0 Å². The monoisotopic (exact) mass is 196 g/mol. The Morgan fingerprint density at radius 1 is 1.43 bits per heavy atom. The topological polar surface area (TPSA) is 76.2 Å². The second-order valence-electron chi connectivity index (χ2n) is 3.87. The molecule has 14 heavy (non-hydrogen) atoms. The number of aromatic nitrogens is 2. The van der Waals surface area contributed by atoms with Gasteiger partial charge in [0, 0.05) is 17.6 Å². The van der Waals surface area contributed by atoms with Crippen LogP contribution < -0.4 is 0 Å². The lowest BCUT2D eigenvalue weighted by atomic mass is 9.97. The Labute approximate surface area is 81.5 Å². The molecule has 1 N–H and O–H groups in total. The Bertz CT molecular complexity index is 360. The molecule has 0 aliphatic heterocycles. The van der Waals surface area contributed by atoms with Crippen molar-refractivity contribution in [3.63, 3.8) is 0 Å². The van der Waals surface area contributed by atoms with E-state index in [1.807, 2.05) is 20.8 Å². The minimum absolute atomic E-state index is 0.206. The van der Waals surface area contributed by atoms with Crippen LogP contribution in [0.15, 0.2) is 10.5 Å². The molecule has 1 aromatic heterocycles. The number of aliphatic carboxylic acids is 1. The number of hydrogen-bond acceptors (Lipinski definition) is 4. The van der Waals surface area contributed by atoms with Gasteiger partial charge in [-0.2, -0.15) is 0 Å². The van der Waals surface area contributed by atoms with Gasteiger partial charge < -0.3 is 9.52 Å². The van der Waals surface area contributed by atoms with E-state index < -0.39 is 5.97 Å². The van der Waals surface area contributed by atoms with Crippen LogP contribution >= 0.6 is 0 Å². The number of carboxylic acid groups (broad SMARTS) is 1. The molecule has 0 spiro atoms. The van der Waals surface area contributed by atoms with Crippen molar-refractivity contribution in [2.45, 2.75) is 26.2 Å². The summed E-state index contributed by atoms with van der Waals surface area (Å²) in [6, 6.07) is 0. The molecular weight excluding hydrogens is 184 g/mol. The fourth-order valence-electron chi connectivity index (χ4n) is 0.748. The summed E-state index contributed by atoms with van der Waals surface area (Å²) in [5.74, 6) is -0.347. The Morgan fingerprint density at radius 3 is 2.50 bits per heavy atom. The first kappa shape index (κ1) is 10.4. The quantitative estimate of drug-likeness (QED) is 0.724. The second-order valence-corrected chi connectivity index (χ2v) is 3.87. The molecule has 0 saturated heterocycles. The van der Waals surface area contributed by atoms with E-state index in [4.69, 9.17) is 9.52 Å². The maximum Gasteiger partial charge on any atom is 0.328 e. The van der Waals surface area contributed by atoms with E-state index in [0.717, 1.165) is 6.08 Å². The van der Waals surface area contributed by atoms with E-state index in [1.165, 1.54) is 6.08 Å². The van der Waals surface area contributed by atoms with E-state index in [9.17, 15) is 4.79 Å². The molecule has 0 bridgehead atoms. The number of rotatable bonds is 2. The number of carboxylic acids is 1. The largest absolute Gasteiger partial charge is 0.478 e. The summed E-state index contributed by atoms with van der Waals surface area (Å²) in [5, 5.41) is 15.9. The van der Waals surface area contributed by atoms with Crippen LogP contribution in [0.25, 0.3) is 6.08 Å². The number of nitrogens with zero attached hydrogens (tertiary/aromatic N) is 2. The van der Waals surface area contributed by atoms with E-state index in [0.29, 0.717) is 5.89 Å². The standard InChI is InChI=1S/C9H12N2O3/c1-9(2,3)8-11-10-6(14-8)4-5-7(12)13/h4-5H,1-3H3,(H,12,13)/b5-4+. The van der Waals surface area contributed by atoms with Crippen LogP contribution in [0.1, 0.15) is 32.6 Å². The number of carbonyl (C=O) groups is 1. The highest BCUT2D eigenvalue weighted by molar-refractivity contribution is 5.84. The van der Waals surface area contributed by atoms with Crippen molar-refractivity contribution in [1.29, 1.82) is 0 Å². The fraction of sp³-hybridized carbons (Fsp3) is 0.444. The first-order chi connectivity index (χ1) is 6.39. The maximum absolute atomic E-state index is 10.2. The Hall–Kier alpha value is -1.65. The lowest BCUT2D eigenvalue weighted by Gasteiger charge is -2.10. The molecule has 76 valence electrons. The fourth-order valence-corrected chi connectivity index (χ4v) is 0.748. The predicted molar refractivity (Wildman–Crippen MR) is 49.7 cm³/mol. The molecule has 0 aromatic carbocycles. The summed E-state index contributed by atoms with van der Waals surface area (Å²) in [6.45, 7) is 5.81. The zero-order valence-electron chi connectivity index (χ0n) is 8.31. The molecule has 5 nitrogen and oxygen atoms in total. The first-order valence-electron chi connectivity index (χ1n) is 4.14. The van der Waals surface area contributed by atoms with Crippen LogP contribution in [0, 0.1) is 0 Å². The van der Waals surface area contributed by atoms with Gasteiger partial charge >= 0.3 is 5.97 Å². The molecule has 0 aliphatic rings. The summed E-state index contributed by atoms with van der Waals surface area (Å²) < 4.78 is 5.23. The van der Waals surface area contributed by atoms with E-state index in [-0.39, 0.29) is 11.3 Å². The molecule has 0 aliphatic carbocycles. The molecule has 0 atom stereocenters. The highest BCUT2D eigenvalue weighted by Gasteiger charge is 2.20. The van der Waals surface area contributed by atoms with E-state index in [2.05, 4.69) is 10.2 Å². The van der Waals surface area contributed by atoms with Gasteiger partial charge in [0.05, 0.1) is 0 Å². The molecule has 1 aromatic rings. The average molecular weight is 196 g/mol. The summed E-state index contributed by atoms with van der Waals surface area (Å²) in [5.41, 5.74) is -0.220. The van der Waals surface area contributed by atoms with Crippen LogP contribution in [0.2, 0.25) is 0 Å². The molecule has 1 heterocycles. The van der Waals surface area contributed by atoms with Gasteiger partial charge in [0.2, 0.25) is 11.8 Å². The van der Waals surface area contributed by atoms with Crippen molar-refractivity contribution in [2.75, 3.05) is 0 Å². The average Bonchev–Trinajstić information content (AvgIpc) is 2.47. The summed E-state index contributed by atoms with van der Waals surface area (Å²) in [4.78, 5) is 10.2. The minimum atomic E-state index is -1.04. The normalized spacial score (nSPS) is 12.2. The van der Waals surface area contributed by atoms with Crippen molar-refractivity contribution in [1.82, 2.24) is 10.2 Å². The van der Waals surface area contributed by atoms with E-state index >= 15 is 0 Å². The molecule has 0 unspecified atom stereocenters. The molecule has 0 fully saturated rings.